The van der Waals surface area contributed by atoms with E-state index in [4.69, 9.17) is 26.8 Å². The van der Waals surface area contributed by atoms with Crippen molar-refractivity contribution in [1.29, 1.82) is 0 Å². The molecule has 1 aromatic heterocycles. The molecule has 41 heavy (non-hydrogen) atoms. The molecule has 0 aliphatic carbocycles. The lowest BCUT2D eigenvalue weighted by Crippen LogP contribution is -2.30. The summed E-state index contributed by atoms with van der Waals surface area (Å²) in [7, 11) is 1.24. The van der Waals surface area contributed by atoms with Crippen LogP contribution in [-0.2, 0) is 5.54 Å². The Bertz CT molecular complexity index is 1390. The van der Waals surface area contributed by atoms with Crippen LogP contribution < -0.4 is 20.5 Å². The molecule has 3 aromatic rings. The average Bonchev–Trinajstić information content (AvgIpc) is 2.89. The van der Waals surface area contributed by atoms with E-state index in [1.807, 2.05) is 0 Å². The number of benzene rings is 2. The first-order valence-electron chi connectivity index (χ1n) is 11.9. The second kappa shape index (κ2) is 13.2. The molecular formula is C27H26ClF6N3O3S. The highest BCUT2D eigenvalue weighted by Gasteiger charge is 2.43. The van der Waals surface area contributed by atoms with Gasteiger partial charge >= 0.3 is 6.18 Å². The normalized spacial score (nSPS) is 12.8. The lowest BCUT2D eigenvalue weighted by atomic mass is 9.93. The number of pyridine rings is 1. The molecule has 0 saturated carbocycles. The summed E-state index contributed by atoms with van der Waals surface area (Å²) in [6.07, 6.45) is -7.50. The van der Waals surface area contributed by atoms with E-state index in [1.54, 1.807) is 13.8 Å². The van der Waals surface area contributed by atoms with E-state index in [1.165, 1.54) is 49.6 Å². The minimum atomic E-state index is -4.77. The van der Waals surface area contributed by atoms with Crippen molar-refractivity contribution < 1.29 is 40.6 Å². The minimum absolute atomic E-state index is 0.00189. The van der Waals surface area contributed by atoms with E-state index in [2.05, 4.69) is 10.3 Å². The van der Waals surface area contributed by atoms with Gasteiger partial charge in [-0.2, -0.15) is 13.2 Å². The zero-order valence-electron chi connectivity index (χ0n) is 22.0. The third-order valence-electron chi connectivity index (χ3n) is 5.64. The Morgan fingerprint density at radius 2 is 1.80 bits per heavy atom. The maximum absolute atomic E-state index is 14.2. The van der Waals surface area contributed by atoms with Crippen molar-refractivity contribution >= 4 is 29.3 Å². The van der Waals surface area contributed by atoms with Gasteiger partial charge in [-0.1, -0.05) is 11.6 Å². The predicted molar refractivity (Wildman–Crippen MR) is 145 cm³/mol. The van der Waals surface area contributed by atoms with Gasteiger partial charge in [0, 0.05) is 16.7 Å². The molecule has 0 saturated heterocycles. The Kier molecular flexibility index (Phi) is 10.4. The Balaban J connectivity index is 1.85. The molecule has 222 valence electrons. The second-order valence-corrected chi connectivity index (χ2v) is 10.8. The molecule has 1 heterocycles. The lowest BCUT2D eigenvalue weighted by molar-refractivity contribution is -0.130. The number of halogens is 7. The van der Waals surface area contributed by atoms with Gasteiger partial charge in [-0.25, -0.2) is 13.2 Å². The third kappa shape index (κ3) is 8.66. The van der Waals surface area contributed by atoms with Gasteiger partial charge in [0.25, 0.3) is 12.3 Å². The second-order valence-electron chi connectivity index (χ2n) is 9.32. The summed E-state index contributed by atoms with van der Waals surface area (Å²) in [5.41, 5.74) is 5.53. The number of ether oxygens (including phenoxy) is 2. The number of methoxy groups -OCH3 is 1. The van der Waals surface area contributed by atoms with Crippen molar-refractivity contribution in [2.45, 2.75) is 37.2 Å². The van der Waals surface area contributed by atoms with Crippen LogP contribution in [0.3, 0.4) is 0 Å². The van der Waals surface area contributed by atoms with Gasteiger partial charge in [-0.3, -0.25) is 9.78 Å². The molecule has 3 rings (SSSR count). The number of carbonyl (C=O) groups excluding carboxylic acids is 1. The molecule has 2 aromatic carbocycles. The summed E-state index contributed by atoms with van der Waals surface area (Å²) < 4.78 is 91.3. The van der Waals surface area contributed by atoms with Crippen molar-refractivity contribution in [2.75, 3.05) is 19.6 Å². The van der Waals surface area contributed by atoms with Crippen LogP contribution >= 0.6 is 23.4 Å². The Hall–Kier alpha value is -3.16. The van der Waals surface area contributed by atoms with Gasteiger partial charge in [-0.15, -0.1) is 11.8 Å². The summed E-state index contributed by atoms with van der Waals surface area (Å²) in [5.74, 6) is -1.92. The number of nitrogens with two attached hydrogens (primary N) is 1. The predicted octanol–water partition coefficient (Wildman–Crippen LogP) is 7.11. The Morgan fingerprint density at radius 3 is 2.39 bits per heavy atom. The zero-order valence-corrected chi connectivity index (χ0v) is 23.6. The first kappa shape index (κ1) is 32.4. The zero-order chi connectivity index (χ0) is 30.5. The molecule has 1 unspecified atom stereocenters. The van der Waals surface area contributed by atoms with E-state index in [-0.39, 0.29) is 39.0 Å². The number of alkyl halides is 5. The van der Waals surface area contributed by atoms with Crippen molar-refractivity contribution in [2.24, 2.45) is 5.73 Å². The summed E-state index contributed by atoms with van der Waals surface area (Å²) >= 11 is 6.25. The topological polar surface area (TPSA) is 86.5 Å². The van der Waals surface area contributed by atoms with Crippen LogP contribution in [0.4, 0.5) is 26.3 Å². The van der Waals surface area contributed by atoms with Crippen molar-refractivity contribution in [3.63, 3.8) is 0 Å². The van der Waals surface area contributed by atoms with Gasteiger partial charge < -0.3 is 20.5 Å². The molecule has 0 bridgehead atoms. The standard InChI is InChI=1S/C27H26ClF6N3O3S/c1-26(2,35)16-10-19(14-4-6-18(29)17(28)8-14)37-20(11-16)24(27(32,33)34)41-13-36-25(38)15-5-7-21(22(9-15)39-3)40-12-23(30)31/h4-11,23-24H,12-13,35H2,1-3H3,(H,36,38). The molecule has 14 heteroatoms. The molecule has 6 nitrogen and oxygen atoms in total. The highest BCUT2D eigenvalue weighted by Crippen LogP contribution is 2.44. The van der Waals surface area contributed by atoms with Crippen molar-refractivity contribution in [3.05, 3.63) is 76.2 Å². The first-order chi connectivity index (χ1) is 19.1. The number of nitrogens with one attached hydrogen (secondary N) is 1. The first-order valence-corrected chi connectivity index (χ1v) is 13.3. The molecule has 0 aliphatic rings. The fourth-order valence-corrected chi connectivity index (χ4v) is 4.62. The quantitative estimate of drug-likeness (QED) is 0.175. The molecule has 3 N–H and O–H groups in total. The maximum atomic E-state index is 14.2. The fourth-order valence-electron chi connectivity index (χ4n) is 3.58. The third-order valence-corrected chi connectivity index (χ3v) is 7.09. The van der Waals surface area contributed by atoms with E-state index < -0.39 is 47.6 Å². The van der Waals surface area contributed by atoms with Crippen LogP contribution in [0, 0.1) is 5.82 Å². The minimum Gasteiger partial charge on any atom is -0.493 e. The Morgan fingerprint density at radius 1 is 1.10 bits per heavy atom. The monoisotopic (exact) mass is 621 g/mol. The molecule has 0 spiro atoms. The van der Waals surface area contributed by atoms with Crippen LogP contribution in [0.25, 0.3) is 11.3 Å². The SMILES string of the molecule is COc1cc(C(=O)NCSC(c2cc(C(C)(C)N)cc(-c3ccc(F)c(Cl)c3)n2)C(F)(F)F)ccc1OCC(F)F. The molecule has 0 fully saturated rings. The van der Waals surface area contributed by atoms with E-state index in [0.29, 0.717) is 17.3 Å². The lowest BCUT2D eigenvalue weighted by Gasteiger charge is -2.25. The van der Waals surface area contributed by atoms with Crippen LogP contribution in [0.5, 0.6) is 11.5 Å². The number of amides is 1. The fraction of sp³-hybridized carbons (Fsp3) is 0.333. The van der Waals surface area contributed by atoms with E-state index in [0.717, 1.165) is 6.07 Å². The highest BCUT2D eigenvalue weighted by atomic mass is 35.5. The number of aromatic nitrogens is 1. The van der Waals surface area contributed by atoms with Gasteiger partial charge in [0.2, 0.25) is 0 Å². The van der Waals surface area contributed by atoms with E-state index >= 15 is 0 Å². The molecule has 0 aliphatic heterocycles. The number of hydrogen-bond acceptors (Lipinski definition) is 6. The molecular weight excluding hydrogens is 596 g/mol. The highest BCUT2D eigenvalue weighted by molar-refractivity contribution is 7.99. The average molecular weight is 622 g/mol. The van der Waals surface area contributed by atoms with Crippen LogP contribution in [0.2, 0.25) is 5.02 Å². The summed E-state index contributed by atoms with van der Waals surface area (Å²) in [6, 6.07) is 10.2. The van der Waals surface area contributed by atoms with Crippen LogP contribution in [0.15, 0.2) is 48.5 Å². The van der Waals surface area contributed by atoms with Crippen molar-refractivity contribution in [3.8, 4) is 22.8 Å². The largest absolute Gasteiger partial charge is 0.493 e. The van der Waals surface area contributed by atoms with Crippen LogP contribution in [0.1, 0.15) is 40.7 Å². The van der Waals surface area contributed by atoms with Gasteiger partial charge in [-0.05, 0) is 67.9 Å². The van der Waals surface area contributed by atoms with Crippen molar-refractivity contribution in [1.82, 2.24) is 10.3 Å². The number of nitrogens with zero attached hydrogens (tertiary/aromatic N) is 1. The smallest absolute Gasteiger partial charge is 0.406 e. The summed E-state index contributed by atoms with van der Waals surface area (Å²) in [5, 5.41) is 0.00191. The van der Waals surface area contributed by atoms with Gasteiger partial charge in [0.1, 0.15) is 17.7 Å². The van der Waals surface area contributed by atoms with Gasteiger partial charge in [0.15, 0.2) is 11.5 Å². The molecule has 1 amide bonds. The van der Waals surface area contributed by atoms with Crippen LogP contribution in [-0.4, -0.2) is 43.1 Å². The number of carbonyl (C=O) groups is 1. The van der Waals surface area contributed by atoms with Gasteiger partial charge in [0.05, 0.1) is 29.4 Å². The maximum Gasteiger partial charge on any atom is 0.406 e. The number of thioether (sulfide) groups is 1. The molecule has 0 radical (unpaired) electrons. The van der Waals surface area contributed by atoms with E-state index in [9.17, 15) is 31.1 Å². The molecule has 1 atom stereocenters. The number of hydrogen-bond donors (Lipinski definition) is 2. The summed E-state index contributed by atoms with van der Waals surface area (Å²) in [6.45, 7) is 2.34. The number of rotatable bonds is 11. The Labute approximate surface area is 241 Å². The summed E-state index contributed by atoms with van der Waals surface area (Å²) in [4.78, 5) is 16.8.